The summed E-state index contributed by atoms with van der Waals surface area (Å²) in [5, 5.41) is 0. The molecule has 1 fully saturated rings. The number of carbonyl (C=O) groups is 1. The van der Waals surface area contributed by atoms with Crippen LogP contribution in [0, 0.1) is 5.92 Å². The molecule has 98 valence electrons. The van der Waals surface area contributed by atoms with E-state index in [1.54, 1.807) is 6.92 Å². The predicted molar refractivity (Wildman–Crippen MR) is 76.2 cm³/mol. The van der Waals surface area contributed by atoms with E-state index in [9.17, 15) is 4.79 Å². The van der Waals surface area contributed by atoms with E-state index in [0.717, 1.165) is 16.8 Å². The quantitative estimate of drug-likeness (QED) is 0.759. The Morgan fingerprint density at radius 3 is 2.72 bits per heavy atom. The molecule has 0 aromatic heterocycles. The molecule has 0 unspecified atom stereocenters. The molecule has 0 bridgehead atoms. The molecule has 0 amide bonds. The third kappa shape index (κ3) is 3.58. The third-order valence-electron chi connectivity index (χ3n) is 3.52. The molecular weight excluding hydrogens is 292 g/mol. The van der Waals surface area contributed by atoms with Crippen molar-refractivity contribution in [3.63, 3.8) is 0 Å². The lowest BCUT2D eigenvalue weighted by molar-refractivity contribution is 0.101. The minimum absolute atomic E-state index is 0.0509. The maximum atomic E-state index is 11.6. The van der Waals surface area contributed by atoms with E-state index < -0.39 is 0 Å². The highest BCUT2D eigenvalue weighted by Crippen LogP contribution is 2.27. The van der Waals surface area contributed by atoms with Gasteiger partial charge in [0.25, 0.3) is 0 Å². The summed E-state index contributed by atoms with van der Waals surface area (Å²) in [5.74, 6) is 1.42. The molecule has 1 aromatic carbocycles. The molecule has 2 rings (SSSR count). The van der Waals surface area contributed by atoms with Crippen LogP contribution in [0.15, 0.2) is 22.7 Å². The van der Waals surface area contributed by atoms with Crippen molar-refractivity contribution in [1.29, 1.82) is 0 Å². The van der Waals surface area contributed by atoms with Crippen molar-refractivity contribution in [2.24, 2.45) is 5.92 Å². The Hall–Kier alpha value is -0.830. The van der Waals surface area contributed by atoms with Crippen molar-refractivity contribution in [2.45, 2.75) is 39.0 Å². The van der Waals surface area contributed by atoms with E-state index >= 15 is 0 Å². The Morgan fingerprint density at radius 1 is 1.33 bits per heavy atom. The van der Waals surface area contributed by atoms with Gasteiger partial charge in [-0.2, -0.15) is 0 Å². The van der Waals surface area contributed by atoms with Crippen LogP contribution in [0.5, 0.6) is 5.75 Å². The average Bonchev–Trinajstić information content (AvgIpc) is 2.38. The van der Waals surface area contributed by atoms with Gasteiger partial charge in [0.1, 0.15) is 5.75 Å². The minimum Gasteiger partial charge on any atom is -0.493 e. The number of ether oxygens (including phenoxy) is 1. The smallest absolute Gasteiger partial charge is 0.163 e. The fourth-order valence-electron chi connectivity index (χ4n) is 2.46. The molecule has 1 aromatic rings. The Morgan fingerprint density at radius 2 is 2.06 bits per heavy atom. The molecule has 0 radical (unpaired) electrons. The fraction of sp³-hybridized carbons (Fsp3) is 0.533. The van der Waals surface area contributed by atoms with Crippen LogP contribution in [-0.2, 0) is 0 Å². The van der Waals surface area contributed by atoms with Crippen molar-refractivity contribution in [3.05, 3.63) is 28.2 Å². The number of halogens is 1. The summed E-state index contributed by atoms with van der Waals surface area (Å²) in [6.45, 7) is 2.32. The van der Waals surface area contributed by atoms with Gasteiger partial charge in [0.2, 0.25) is 0 Å². The second-order valence-corrected chi connectivity index (χ2v) is 5.93. The monoisotopic (exact) mass is 310 g/mol. The lowest BCUT2D eigenvalue weighted by Gasteiger charge is -2.22. The maximum Gasteiger partial charge on any atom is 0.163 e. The largest absolute Gasteiger partial charge is 0.493 e. The summed E-state index contributed by atoms with van der Waals surface area (Å²) in [6.07, 6.45) is 6.49. The van der Waals surface area contributed by atoms with Gasteiger partial charge in [-0.15, -0.1) is 0 Å². The molecule has 1 saturated carbocycles. The van der Waals surface area contributed by atoms with Crippen molar-refractivity contribution in [2.75, 3.05) is 6.61 Å². The molecule has 0 saturated heterocycles. The Kier molecular flexibility index (Phi) is 4.81. The predicted octanol–water partition coefficient (Wildman–Crippen LogP) is 4.61. The van der Waals surface area contributed by atoms with Gasteiger partial charge in [0.05, 0.1) is 12.2 Å². The lowest BCUT2D eigenvalue weighted by Crippen LogP contribution is -2.16. The second-order valence-electron chi connectivity index (χ2n) is 5.01. The highest BCUT2D eigenvalue weighted by atomic mass is 79.9. The van der Waals surface area contributed by atoms with Gasteiger partial charge in [-0.3, -0.25) is 4.79 Å². The Bertz CT molecular complexity index is 423. The molecule has 3 heteroatoms. The Labute approximate surface area is 117 Å². The first-order valence-electron chi connectivity index (χ1n) is 6.60. The van der Waals surface area contributed by atoms with Crippen molar-refractivity contribution in [1.82, 2.24) is 0 Å². The molecule has 1 aliphatic carbocycles. The molecule has 18 heavy (non-hydrogen) atoms. The zero-order chi connectivity index (χ0) is 13.0. The van der Waals surface area contributed by atoms with E-state index in [4.69, 9.17) is 4.74 Å². The lowest BCUT2D eigenvalue weighted by atomic mass is 9.90. The summed E-state index contributed by atoms with van der Waals surface area (Å²) in [7, 11) is 0. The van der Waals surface area contributed by atoms with Gasteiger partial charge >= 0.3 is 0 Å². The molecular formula is C15H19BrO2. The van der Waals surface area contributed by atoms with Crippen LogP contribution in [-0.4, -0.2) is 12.4 Å². The second kappa shape index (κ2) is 6.37. The number of benzene rings is 1. The average molecular weight is 311 g/mol. The first kappa shape index (κ1) is 13.6. The van der Waals surface area contributed by atoms with Gasteiger partial charge in [0, 0.05) is 4.47 Å². The summed E-state index contributed by atoms with van der Waals surface area (Å²) in [6, 6.07) is 5.63. The number of hydrogen-bond acceptors (Lipinski definition) is 2. The molecule has 0 heterocycles. The molecule has 0 aliphatic heterocycles. The van der Waals surface area contributed by atoms with E-state index in [0.29, 0.717) is 11.5 Å². The van der Waals surface area contributed by atoms with Gasteiger partial charge in [-0.1, -0.05) is 35.2 Å². The van der Waals surface area contributed by atoms with Crippen LogP contribution in [0.2, 0.25) is 0 Å². The van der Waals surface area contributed by atoms with Crippen LogP contribution < -0.4 is 4.74 Å². The van der Waals surface area contributed by atoms with E-state index in [-0.39, 0.29) is 5.78 Å². The zero-order valence-corrected chi connectivity index (χ0v) is 12.3. The van der Waals surface area contributed by atoms with Crippen molar-refractivity contribution in [3.8, 4) is 5.75 Å². The van der Waals surface area contributed by atoms with Crippen LogP contribution in [0.4, 0.5) is 0 Å². The number of Topliss-reactive ketones (excluding diaryl/α,β-unsaturated/α-hetero) is 1. The summed E-state index contributed by atoms with van der Waals surface area (Å²) in [4.78, 5) is 11.6. The standard InChI is InChI=1S/C15H19BrO2/c1-11(17)14-9-13(16)7-8-15(14)18-10-12-5-3-2-4-6-12/h7-9,12H,2-6,10H2,1H3. The van der Waals surface area contributed by atoms with Gasteiger partial charge in [0.15, 0.2) is 5.78 Å². The maximum absolute atomic E-state index is 11.6. The molecule has 1 aliphatic rings. The topological polar surface area (TPSA) is 26.3 Å². The number of hydrogen-bond donors (Lipinski definition) is 0. The fourth-order valence-corrected chi connectivity index (χ4v) is 2.83. The Balaban J connectivity index is 2.01. The van der Waals surface area contributed by atoms with Crippen LogP contribution in [0.3, 0.4) is 0 Å². The minimum atomic E-state index is 0.0509. The number of ketones is 1. The number of carbonyl (C=O) groups excluding carboxylic acids is 1. The van der Waals surface area contributed by atoms with Crippen molar-refractivity contribution >= 4 is 21.7 Å². The first-order chi connectivity index (χ1) is 8.66. The molecule has 0 N–H and O–H groups in total. The zero-order valence-electron chi connectivity index (χ0n) is 10.7. The van der Waals surface area contributed by atoms with Gasteiger partial charge in [-0.05, 0) is 43.9 Å². The van der Waals surface area contributed by atoms with E-state index in [1.807, 2.05) is 18.2 Å². The van der Waals surface area contributed by atoms with E-state index in [2.05, 4.69) is 15.9 Å². The summed E-state index contributed by atoms with van der Waals surface area (Å²) >= 11 is 3.38. The highest BCUT2D eigenvalue weighted by Gasteiger charge is 2.15. The summed E-state index contributed by atoms with van der Waals surface area (Å²) < 4.78 is 6.77. The van der Waals surface area contributed by atoms with Crippen molar-refractivity contribution < 1.29 is 9.53 Å². The van der Waals surface area contributed by atoms with E-state index in [1.165, 1.54) is 32.1 Å². The highest BCUT2D eigenvalue weighted by molar-refractivity contribution is 9.10. The molecule has 0 atom stereocenters. The first-order valence-corrected chi connectivity index (χ1v) is 7.39. The molecule has 2 nitrogen and oxygen atoms in total. The molecule has 0 spiro atoms. The third-order valence-corrected chi connectivity index (χ3v) is 4.01. The van der Waals surface area contributed by atoms with Crippen LogP contribution >= 0.6 is 15.9 Å². The van der Waals surface area contributed by atoms with Gasteiger partial charge < -0.3 is 4.74 Å². The SMILES string of the molecule is CC(=O)c1cc(Br)ccc1OCC1CCCCC1. The van der Waals surface area contributed by atoms with Crippen LogP contribution in [0.25, 0.3) is 0 Å². The normalized spacial score (nSPS) is 16.6. The summed E-state index contributed by atoms with van der Waals surface area (Å²) in [5.41, 5.74) is 0.667. The number of rotatable bonds is 4. The van der Waals surface area contributed by atoms with Crippen LogP contribution in [0.1, 0.15) is 49.4 Å². The van der Waals surface area contributed by atoms with Gasteiger partial charge in [-0.25, -0.2) is 0 Å².